The third kappa shape index (κ3) is 7.56. The molecular formula is C22H28FIN4O2. The normalized spacial score (nSPS) is 15.9. The summed E-state index contributed by atoms with van der Waals surface area (Å²) in [6.45, 7) is 4.38. The molecule has 0 aromatic heterocycles. The highest BCUT2D eigenvalue weighted by Gasteiger charge is 2.23. The number of amides is 1. The average molecular weight is 526 g/mol. The van der Waals surface area contributed by atoms with E-state index in [2.05, 4.69) is 20.9 Å². The second-order valence-corrected chi connectivity index (χ2v) is 6.87. The van der Waals surface area contributed by atoms with E-state index in [1.54, 1.807) is 12.1 Å². The number of nitrogens with zero attached hydrogens (tertiary/aromatic N) is 1. The molecule has 6 nitrogen and oxygen atoms in total. The number of halogens is 2. The van der Waals surface area contributed by atoms with Gasteiger partial charge in [0.05, 0.1) is 6.54 Å². The van der Waals surface area contributed by atoms with Crippen molar-refractivity contribution in [3.8, 4) is 0 Å². The first-order valence-electron chi connectivity index (χ1n) is 9.92. The van der Waals surface area contributed by atoms with E-state index in [0.717, 1.165) is 36.2 Å². The molecule has 0 spiro atoms. The predicted octanol–water partition coefficient (Wildman–Crippen LogP) is 3.82. The Morgan fingerprint density at radius 2 is 1.97 bits per heavy atom. The van der Waals surface area contributed by atoms with Crippen molar-refractivity contribution < 1.29 is 13.9 Å². The largest absolute Gasteiger partial charge is 0.368 e. The van der Waals surface area contributed by atoms with Gasteiger partial charge in [0.2, 0.25) is 0 Å². The van der Waals surface area contributed by atoms with Gasteiger partial charge in [0.15, 0.2) is 5.96 Å². The number of ether oxygens (including phenoxy) is 1. The van der Waals surface area contributed by atoms with Crippen molar-refractivity contribution in [3.63, 3.8) is 0 Å². The number of rotatable bonds is 7. The molecule has 1 atom stereocenters. The third-order valence-corrected chi connectivity index (χ3v) is 4.55. The van der Waals surface area contributed by atoms with E-state index in [4.69, 9.17) is 4.74 Å². The molecule has 1 fully saturated rings. The number of anilines is 1. The van der Waals surface area contributed by atoms with Crippen LogP contribution in [0.3, 0.4) is 0 Å². The zero-order valence-electron chi connectivity index (χ0n) is 17.0. The van der Waals surface area contributed by atoms with E-state index in [9.17, 15) is 9.18 Å². The van der Waals surface area contributed by atoms with Gasteiger partial charge in [-0.05, 0) is 55.2 Å². The summed E-state index contributed by atoms with van der Waals surface area (Å²) in [6, 6.07) is 14.0. The molecule has 0 aliphatic carbocycles. The van der Waals surface area contributed by atoms with E-state index in [0.29, 0.717) is 25.7 Å². The number of carbonyl (C=O) groups excluding carboxylic acids is 1. The van der Waals surface area contributed by atoms with Crippen LogP contribution in [0.25, 0.3) is 0 Å². The van der Waals surface area contributed by atoms with Crippen LogP contribution in [0.5, 0.6) is 0 Å². The Kier molecular flexibility index (Phi) is 10.0. The summed E-state index contributed by atoms with van der Waals surface area (Å²) in [4.78, 5) is 16.8. The molecule has 0 saturated carbocycles. The summed E-state index contributed by atoms with van der Waals surface area (Å²) in [5, 5.41) is 9.35. The molecule has 1 unspecified atom stereocenters. The summed E-state index contributed by atoms with van der Waals surface area (Å²) < 4.78 is 18.4. The second-order valence-electron chi connectivity index (χ2n) is 6.87. The minimum Gasteiger partial charge on any atom is -0.368 e. The average Bonchev–Trinajstić information content (AvgIpc) is 3.27. The first-order valence-corrected chi connectivity index (χ1v) is 9.92. The van der Waals surface area contributed by atoms with Crippen molar-refractivity contribution in [2.45, 2.75) is 39.0 Å². The lowest BCUT2D eigenvalue weighted by Gasteiger charge is -2.12. The maximum absolute atomic E-state index is 13.0. The molecule has 1 aliphatic rings. The van der Waals surface area contributed by atoms with Crippen molar-refractivity contribution >= 4 is 41.5 Å². The van der Waals surface area contributed by atoms with Crippen molar-refractivity contribution in [3.05, 3.63) is 65.5 Å². The molecule has 2 aromatic carbocycles. The molecule has 1 aliphatic heterocycles. The van der Waals surface area contributed by atoms with Gasteiger partial charge in [0.25, 0.3) is 5.91 Å². The van der Waals surface area contributed by atoms with Gasteiger partial charge >= 0.3 is 0 Å². The number of hydrogen-bond donors (Lipinski definition) is 3. The number of carbonyl (C=O) groups is 1. The van der Waals surface area contributed by atoms with E-state index >= 15 is 0 Å². The lowest BCUT2D eigenvalue weighted by molar-refractivity contribution is -0.124. The fourth-order valence-corrected chi connectivity index (χ4v) is 3.05. The van der Waals surface area contributed by atoms with Crippen molar-refractivity contribution in [1.29, 1.82) is 0 Å². The Morgan fingerprint density at radius 3 is 2.67 bits per heavy atom. The molecular weight excluding hydrogens is 498 g/mol. The monoisotopic (exact) mass is 526 g/mol. The molecule has 8 heteroatoms. The Morgan fingerprint density at radius 1 is 1.17 bits per heavy atom. The van der Waals surface area contributed by atoms with Crippen LogP contribution in [0, 0.1) is 5.82 Å². The van der Waals surface area contributed by atoms with Crippen molar-refractivity contribution in [1.82, 2.24) is 10.6 Å². The Hall–Kier alpha value is -2.20. The van der Waals surface area contributed by atoms with Crippen LogP contribution in [0.15, 0.2) is 53.5 Å². The van der Waals surface area contributed by atoms with Crippen LogP contribution in [0.2, 0.25) is 0 Å². The molecule has 162 valence electrons. The molecule has 3 rings (SSSR count). The van der Waals surface area contributed by atoms with E-state index in [-0.39, 0.29) is 41.8 Å². The number of nitrogens with one attached hydrogen (secondary N) is 3. The van der Waals surface area contributed by atoms with Crippen molar-refractivity contribution in [2.24, 2.45) is 4.99 Å². The molecule has 1 heterocycles. The zero-order valence-corrected chi connectivity index (χ0v) is 19.3. The van der Waals surface area contributed by atoms with E-state index in [1.807, 2.05) is 31.2 Å². The highest BCUT2D eigenvalue weighted by Crippen LogP contribution is 2.16. The maximum Gasteiger partial charge on any atom is 0.253 e. The smallest absolute Gasteiger partial charge is 0.253 e. The second kappa shape index (κ2) is 12.5. The first-order chi connectivity index (χ1) is 14.1. The van der Waals surface area contributed by atoms with Crippen LogP contribution in [-0.4, -0.2) is 31.1 Å². The van der Waals surface area contributed by atoms with Gasteiger partial charge in [-0.2, -0.15) is 0 Å². The van der Waals surface area contributed by atoms with Gasteiger partial charge in [0.1, 0.15) is 11.9 Å². The van der Waals surface area contributed by atoms with Gasteiger partial charge in [-0.15, -0.1) is 24.0 Å². The van der Waals surface area contributed by atoms with Crippen LogP contribution >= 0.6 is 24.0 Å². The Bertz CT molecular complexity index is 839. The molecule has 1 amide bonds. The minimum absolute atomic E-state index is 0. The predicted molar refractivity (Wildman–Crippen MR) is 128 cm³/mol. The van der Waals surface area contributed by atoms with Crippen LogP contribution in [0.1, 0.15) is 30.9 Å². The van der Waals surface area contributed by atoms with E-state index in [1.165, 1.54) is 12.1 Å². The highest BCUT2D eigenvalue weighted by atomic mass is 127. The van der Waals surface area contributed by atoms with Crippen LogP contribution in [0.4, 0.5) is 10.1 Å². The fourth-order valence-electron chi connectivity index (χ4n) is 3.05. The van der Waals surface area contributed by atoms with Crippen LogP contribution in [-0.2, 0) is 22.6 Å². The molecule has 2 aromatic rings. The standard InChI is InChI=1S/C22H27FN4O2.HI/c1-2-24-22(25-14-16-8-10-18(23)11-9-16)26-15-17-5-3-6-19(13-17)27-21(28)20-7-4-12-29-20;/h3,5-6,8-11,13,20H,2,4,7,12,14-15H2,1H3,(H,27,28)(H2,24,25,26);1H. The van der Waals surface area contributed by atoms with Crippen molar-refractivity contribution in [2.75, 3.05) is 18.5 Å². The van der Waals surface area contributed by atoms with Gasteiger partial charge in [-0.3, -0.25) is 4.79 Å². The molecule has 0 bridgehead atoms. The summed E-state index contributed by atoms with van der Waals surface area (Å²) in [7, 11) is 0. The summed E-state index contributed by atoms with van der Waals surface area (Å²) in [5.41, 5.74) is 2.69. The van der Waals surface area contributed by atoms with Crippen LogP contribution < -0.4 is 16.0 Å². The van der Waals surface area contributed by atoms with Gasteiger partial charge in [-0.25, -0.2) is 9.38 Å². The Balaban J connectivity index is 0.00000320. The van der Waals surface area contributed by atoms with Gasteiger partial charge in [-0.1, -0.05) is 24.3 Å². The summed E-state index contributed by atoms with van der Waals surface area (Å²) in [5.74, 6) is 0.323. The van der Waals surface area contributed by atoms with Gasteiger partial charge < -0.3 is 20.7 Å². The summed E-state index contributed by atoms with van der Waals surface area (Å²) in [6.07, 6.45) is 1.33. The number of guanidine groups is 1. The summed E-state index contributed by atoms with van der Waals surface area (Å²) >= 11 is 0. The highest BCUT2D eigenvalue weighted by molar-refractivity contribution is 14.0. The lowest BCUT2D eigenvalue weighted by Crippen LogP contribution is -2.36. The molecule has 3 N–H and O–H groups in total. The van der Waals surface area contributed by atoms with E-state index < -0.39 is 0 Å². The van der Waals surface area contributed by atoms with Gasteiger partial charge in [0, 0.05) is 25.4 Å². The molecule has 30 heavy (non-hydrogen) atoms. The molecule has 0 radical (unpaired) electrons. The first kappa shape index (κ1) is 24.1. The zero-order chi connectivity index (χ0) is 20.5. The lowest BCUT2D eigenvalue weighted by atomic mass is 10.2. The quantitative estimate of drug-likeness (QED) is 0.292. The maximum atomic E-state index is 13.0. The topological polar surface area (TPSA) is 74.8 Å². The molecule has 1 saturated heterocycles. The number of aliphatic imine (C=N–C) groups is 1. The third-order valence-electron chi connectivity index (χ3n) is 4.55. The SMILES string of the molecule is CCNC(=NCc1cccc(NC(=O)C2CCCO2)c1)NCc1ccc(F)cc1.I. The Labute approximate surface area is 193 Å². The number of hydrogen-bond acceptors (Lipinski definition) is 3. The fraction of sp³-hybridized carbons (Fsp3) is 0.364. The minimum atomic E-state index is -0.354. The number of benzene rings is 2.